The van der Waals surface area contributed by atoms with Crippen molar-refractivity contribution in [2.75, 3.05) is 11.9 Å². The number of carbonyl (C=O) groups is 1. The van der Waals surface area contributed by atoms with Crippen LogP contribution in [0.25, 0.3) is 16.8 Å². The highest BCUT2D eigenvalue weighted by molar-refractivity contribution is 5.78. The SMILES string of the molecule is CC(C)NC(=O)O[C@H]1CO[C@@H](c2cc(Nc3ncc(-c4cccnc4)c4nc(C#N)cn34)n[nH]2)[C@@H]1F. The van der Waals surface area contributed by atoms with Gasteiger partial charge in [-0.2, -0.15) is 10.4 Å². The standard InChI is InChI=1S/C23H22FN9O3/c1-12(2)28-23(34)36-17-11-35-20(19(17)24)16-6-18(32-31-16)30-22-27-9-15(13-4-3-5-26-8-13)21-29-14(7-25)10-33(21)22/h3-6,8-10,12,17,19-20H,11H2,1-2H3,(H,28,34)(H2,27,30,31,32)/t17-,19+,20-/m0/s1. The summed E-state index contributed by atoms with van der Waals surface area (Å²) in [6.07, 6.45) is 2.23. The molecule has 0 saturated carbocycles. The van der Waals surface area contributed by atoms with Gasteiger partial charge in [0.1, 0.15) is 12.2 Å². The minimum atomic E-state index is -1.58. The molecule has 0 unspecified atom stereocenters. The van der Waals surface area contributed by atoms with Gasteiger partial charge in [-0.15, -0.1) is 0 Å². The molecule has 0 radical (unpaired) electrons. The summed E-state index contributed by atoms with van der Waals surface area (Å²) in [6, 6.07) is 7.16. The second-order valence-electron chi connectivity index (χ2n) is 8.44. The molecule has 5 heterocycles. The second kappa shape index (κ2) is 9.59. The van der Waals surface area contributed by atoms with Gasteiger partial charge in [0, 0.05) is 41.8 Å². The molecule has 0 aromatic carbocycles. The first kappa shape index (κ1) is 23.2. The fourth-order valence-electron chi connectivity index (χ4n) is 3.86. The molecule has 0 aliphatic carbocycles. The monoisotopic (exact) mass is 491 g/mol. The number of nitriles is 1. The highest BCUT2D eigenvalue weighted by Gasteiger charge is 2.42. The number of imidazole rings is 1. The van der Waals surface area contributed by atoms with Crippen LogP contribution in [0, 0.1) is 11.3 Å². The molecular formula is C23H22FN9O3. The summed E-state index contributed by atoms with van der Waals surface area (Å²) >= 11 is 0. The van der Waals surface area contributed by atoms with E-state index < -0.39 is 24.5 Å². The van der Waals surface area contributed by atoms with Crippen molar-refractivity contribution in [2.24, 2.45) is 0 Å². The van der Waals surface area contributed by atoms with Gasteiger partial charge in [-0.3, -0.25) is 14.5 Å². The van der Waals surface area contributed by atoms with E-state index in [9.17, 15) is 14.4 Å². The fraction of sp³-hybridized carbons (Fsp3) is 0.304. The molecule has 3 atom stereocenters. The van der Waals surface area contributed by atoms with Gasteiger partial charge >= 0.3 is 6.09 Å². The lowest BCUT2D eigenvalue weighted by atomic mass is 10.1. The highest BCUT2D eigenvalue weighted by atomic mass is 19.1. The zero-order chi connectivity index (χ0) is 25.2. The smallest absolute Gasteiger partial charge is 0.407 e. The number of amides is 1. The van der Waals surface area contributed by atoms with Crippen molar-refractivity contribution in [3.05, 3.63) is 54.4 Å². The molecule has 0 spiro atoms. The summed E-state index contributed by atoms with van der Waals surface area (Å²) in [6.45, 7) is 3.48. The molecular weight excluding hydrogens is 469 g/mol. The van der Waals surface area contributed by atoms with E-state index in [-0.39, 0.29) is 18.3 Å². The Kier molecular flexibility index (Phi) is 6.17. The molecule has 4 aromatic heterocycles. The number of nitrogens with zero attached hydrogens (tertiary/aromatic N) is 6. The Bertz CT molecular complexity index is 1430. The number of H-pyrrole nitrogens is 1. The van der Waals surface area contributed by atoms with E-state index in [2.05, 4.69) is 35.8 Å². The van der Waals surface area contributed by atoms with Crippen LogP contribution >= 0.6 is 0 Å². The van der Waals surface area contributed by atoms with Crippen molar-refractivity contribution in [3.8, 4) is 17.2 Å². The average molecular weight is 491 g/mol. The molecule has 36 heavy (non-hydrogen) atoms. The van der Waals surface area contributed by atoms with E-state index in [0.29, 0.717) is 28.7 Å². The van der Waals surface area contributed by atoms with Crippen molar-refractivity contribution in [3.63, 3.8) is 0 Å². The zero-order valence-electron chi connectivity index (χ0n) is 19.3. The molecule has 1 saturated heterocycles. The van der Waals surface area contributed by atoms with Gasteiger partial charge in [-0.05, 0) is 19.9 Å². The second-order valence-corrected chi connectivity index (χ2v) is 8.44. The quantitative estimate of drug-likeness (QED) is 0.369. The third-order valence-electron chi connectivity index (χ3n) is 5.47. The Hall–Kier alpha value is -4.57. The number of rotatable bonds is 6. The summed E-state index contributed by atoms with van der Waals surface area (Å²) in [7, 11) is 0. The molecule has 1 aliphatic rings. The van der Waals surface area contributed by atoms with Crippen LogP contribution in [0.15, 0.2) is 43.0 Å². The van der Waals surface area contributed by atoms with Crippen molar-refractivity contribution in [1.29, 1.82) is 5.26 Å². The Morgan fingerprint density at radius 1 is 1.42 bits per heavy atom. The lowest BCUT2D eigenvalue weighted by Gasteiger charge is -2.16. The average Bonchev–Trinajstić information content (AvgIpc) is 3.59. The predicted octanol–water partition coefficient (Wildman–Crippen LogP) is 3.04. The van der Waals surface area contributed by atoms with Crippen LogP contribution < -0.4 is 10.6 Å². The number of halogens is 1. The Labute approximate surface area is 204 Å². The molecule has 1 aliphatic heterocycles. The van der Waals surface area contributed by atoms with Crippen LogP contribution in [-0.4, -0.2) is 60.6 Å². The largest absolute Gasteiger partial charge is 0.441 e. The number of alkyl halides is 1. The van der Waals surface area contributed by atoms with Crippen LogP contribution in [0.3, 0.4) is 0 Å². The van der Waals surface area contributed by atoms with Gasteiger partial charge in [0.25, 0.3) is 0 Å². The van der Waals surface area contributed by atoms with E-state index >= 15 is 0 Å². The zero-order valence-corrected chi connectivity index (χ0v) is 19.3. The molecule has 1 amide bonds. The maximum Gasteiger partial charge on any atom is 0.407 e. The topological polar surface area (TPSA) is 155 Å². The third-order valence-corrected chi connectivity index (χ3v) is 5.47. The summed E-state index contributed by atoms with van der Waals surface area (Å²) in [5, 5.41) is 21.9. The van der Waals surface area contributed by atoms with E-state index in [4.69, 9.17) is 9.47 Å². The van der Waals surface area contributed by atoms with Gasteiger partial charge in [-0.1, -0.05) is 6.07 Å². The molecule has 12 nitrogen and oxygen atoms in total. The number of fused-ring (bicyclic) bond motifs is 1. The van der Waals surface area contributed by atoms with Crippen LogP contribution in [-0.2, 0) is 9.47 Å². The number of alkyl carbamates (subject to hydrolysis) is 1. The number of anilines is 2. The minimum absolute atomic E-state index is 0.0803. The molecule has 5 rings (SSSR count). The van der Waals surface area contributed by atoms with Crippen LogP contribution in [0.1, 0.15) is 31.3 Å². The van der Waals surface area contributed by atoms with E-state index in [1.54, 1.807) is 55.2 Å². The van der Waals surface area contributed by atoms with Crippen LogP contribution in [0.2, 0.25) is 0 Å². The first-order valence-corrected chi connectivity index (χ1v) is 11.2. The molecule has 4 aromatic rings. The third kappa shape index (κ3) is 4.53. The van der Waals surface area contributed by atoms with Gasteiger partial charge in [0.15, 0.2) is 29.4 Å². The number of pyridine rings is 1. The summed E-state index contributed by atoms with van der Waals surface area (Å²) < 4.78 is 27.3. The molecule has 1 fully saturated rings. The van der Waals surface area contributed by atoms with E-state index in [1.165, 1.54) is 0 Å². The van der Waals surface area contributed by atoms with Gasteiger partial charge in [-0.25, -0.2) is 19.2 Å². The Morgan fingerprint density at radius 3 is 3.03 bits per heavy atom. The Morgan fingerprint density at radius 2 is 2.28 bits per heavy atom. The van der Waals surface area contributed by atoms with Crippen molar-refractivity contribution < 1.29 is 18.7 Å². The fourth-order valence-corrected chi connectivity index (χ4v) is 3.86. The van der Waals surface area contributed by atoms with E-state index in [0.717, 1.165) is 5.56 Å². The first-order valence-electron chi connectivity index (χ1n) is 11.2. The molecule has 0 bridgehead atoms. The number of ether oxygens (including phenoxy) is 2. The lowest BCUT2D eigenvalue weighted by Crippen LogP contribution is -2.36. The summed E-state index contributed by atoms with van der Waals surface area (Å²) in [4.78, 5) is 24.8. The van der Waals surface area contributed by atoms with Gasteiger partial charge < -0.3 is 20.1 Å². The van der Waals surface area contributed by atoms with Gasteiger partial charge in [0.2, 0.25) is 5.95 Å². The van der Waals surface area contributed by atoms with Crippen molar-refractivity contribution in [1.82, 2.24) is 34.9 Å². The highest BCUT2D eigenvalue weighted by Crippen LogP contribution is 2.34. The number of hydrogen-bond donors (Lipinski definition) is 3. The maximum absolute atomic E-state index is 15.0. The van der Waals surface area contributed by atoms with Crippen molar-refractivity contribution in [2.45, 2.75) is 38.3 Å². The minimum Gasteiger partial charge on any atom is -0.441 e. The van der Waals surface area contributed by atoms with Crippen LogP contribution in [0.4, 0.5) is 21.0 Å². The number of hydrogen-bond acceptors (Lipinski definition) is 9. The number of carbonyl (C=O) groups excluding carboxylic acids is 1. The summed E-state index contributed by atoms with van der Waals surface area (Å²) in [5.41, 5.74) is 2.59. The number of aromatic nitrogens is 6. The number of nitrogens with one attached hydrogen (secondary N) is 3. The normalized spacial score (nSPS) is 19.4. The summed E-state index contributed by atoms with van der Waals surface area (Å²) in [5.74, 6) is 0.693. The number of aromatic amines is 1. The first-order chi connectivity index (χ1) is 17.4. The predicted molar refractivity (Wildman–Crippen MR) is 125 cm³/mol. The van der Waals surface area contributed by atoms with Crippen LogP contribution in [0.5, 0.6) is 0 Å². The van der Waals surface area contributed by atoms with Crippen molar-refractivity contribution >= 4 is 23.5 Å². The lowest BCUT2D eigenvalue weighted by molar-refractivity contribution is 0.0615. The molecule has 3 N–H and O–H groups in total. The molecule has 184 valence electrons. The van der Waals surface area contributed by atoms with Gasteiger partial charge in [0.05, 0.1) is 18.5 Å². The molecule has 13 heteroatoms. The van der Waals surface area contributed by atoms with E-state index in [1.807, 2.05) is 12.1 Å². The maximum atomic E-state index is 15.0. The Balaban J connectivity index is 1.35.